The molecular formula is C20H30FN3. The van der Waals surface area contributed by atoms with E-state index in [0.717, 1.165) is 23.5 Å². The van der Waals surface area contributed by atoms with E-state index in [2.05, 4.69) is 31.3 Å². The van der Waals surface area contributed by atoms with E-state index in [1.165, 1.54) is 18.9 Å². The van der Waals surface area contributed by atoms with Crippen LogP contribution in [0.1, 0.15) is 76.6 Å². The molecule has 0 amide bonds. The van der Waals surface area contributed by atoms with E-state index >= 15 is 0 Å². The topological polar surface area (TPSA) is 29.9 Å². The Labute approximate surface area is 145 Å². The maximum absolute atomic E-state index is 14.6. The molecule has 0 radical (unpaired) electrons. The van der Waals surface area contributed by atoms with Gasteiger partial charge in [0.25, 0.3) is 0 Å². The van der Waals surface area contributed by atoms with Gasteiger partial charge in [-0.25, -0.2) is 9.07 Å². The highest BCUT2D eigenvalue weighted by Gasteiger charge is 2.29. The second kappa shape index (κ2) is 8.32. The molecule has 1 aromatic heterocycles. The molecule has 1 unspecified atom stereocenters. The van der Waals surface area contributed by atoms with Crippen molar-refractivity contribution in [3.8, 4) is 0 Å². The summed E-state index contributed by atoms with van der Waals surface area (Å²) in [7, 11) is 1.89. The van der Waals surface area contributed by atoms with Crippen LogP contribution in [0.3, 0.4) is 0 Å². The number of nitrogens with zero attached hydrogens (tertiary/aromatic N) is 2. The van der Waals surface area contributed by atoms with Crippen LogP contribution in [0.5, 0.6) is 0 Å². The summed E-state index contributed by atoms with van der Waals surface area (Å²) in [5, 5.41) is 7.85. The highest BCUT2D eigenvalue weighted by atomic mass is 19.1. The molecule has 0 saturated heterocycles. The Balaban J connectivity index is 2.43. The molecule has 1 atom stereocenters. The first-order valence-electron chi connectivity index (χ1n) is 8.98. The largest absolute Gasteiger partial charge is 0.392 e. The fourth-order valence-corrected chi connectivity index (χ4v) is 2.63. The molecule has 24 heavy (non-hydrogen) atoms. The van der Waals surface area contributed by atoms with Gasteiger partial charge in [0.05, 0.1) is 11.4 Å². The number of aromatic nitrogens is 2. The molecule has 4 heteroatoms. The van der Waals surface area contributed by atoms with Crippen LogP contribution in [-0.4, -0.2) is 16.8 Å². The molecule has 1 aliphatic carbocycles. The Kier molecular flexibility index (Phi) is 6.41. The van der Waals surface area contributed by atoms with Crippen LogP contribution < -0.4 is 5.32 Å². The molecule has 1 aliphatic rings. The van der Waals surface area contributed by atoms with Crippen LogP contribution in [0.25, 0.3) is 5.70 Å². The second-order valence-corrected chi connectivity index (χ2v) is 6.59. The van der Waals surface area contributed by atoms with Crippen LogP contribution >= 0.6 is 0 Å². The lowest BCUT2D eigenvalue weighted by Gasteiger charge is -2.14. The highest BCUT2D eigenvalue weighted by Crippen LogP contribution is 2.41. The molecule has 1 aromatic rings. The van der Waals surface area contributed by atoms with Crippen molar-refractivity contribution in [3.05, 3.63) is 47.2 Å². The van der Waals surface area contributed by atoms with E-state index in [9.17, 15) is 4.39 Å². The molecule has 0 bridgehead atoms. The molecule has 1 heterocycles. The van der Waals surface area contributed by atoms with Crippen LogP contribution in [0.15, 0.2) is 35.8 Å². The summed E-state index contributed by atoms with van der Waals surface area (Å²) in [5.41, 5.74) is 3.85. The normalized spacial score (nSPS) is 18.0. The number of hydrogen-bond donors (Lipinski definition) is 1. The lowest BCUT2D eigenvalue weighted by molar-refractivity contribution is 0.624. The fourth-order valence-electron chi connectivity index (χ4n) is 2.63. The lowest BCUT2D eigenvalue weighted by atomic mass is 10.0. The first-order chi connectivity index (χ1) is 11.5. The van der Waals surface area contributed by atoms with Gasteiger partial charge in [-0.2, -0.15) is 5.10 Å². The predicted molar refractivity (Wildman–Crippen MR) is 99.5 cm³/mol. The van der Waals surface area contributed by atoms with Crippen LogP contribution in [-0.2, 0) is 0 Å². The second-order valence-electron chi connectivity index (χ2n) is 6.59. The van der Waals surface area contributed by atoms with Crippen molar-refractivity contribution in [2.45, 2.75) is 65.2 Å². The minimum absolute atomic E-state index is 0.222. The molecule has 0 aliphatic heterocycles. The number of halogens is 1. The van der Waals surface area contributed by atoms with Crippen LogP contribution in [0.4, 0.5) is 4.39 Å². The number of hydrogen-bond acceptors (Lipinski definition) is 2. The maximum atomic E-state index is 14.6. The first kappa shape index (κ1) is 18.5. The maximum Gasteiger partial charge on any atom is 0.144 e. The van der Waals surface area contributed by atoms with E-state index < -0.39 is 0 Å². The van der Waals surface area contributed by atoms with Gasteiger partial charge in [-0.1, -0.05) is 26.0 Å². The van der Waals surface area contributed by atoms with E-state index in [-0.39, 0.29) is 5.83 Å². The number of rotatable bonds is 8. The monoisotopic (exact) mass is 331 g/mol. The Bertz CT molecular complexity index is 648. The standard InChI is InChI=1S/C20H30FN3/c1-6-14(3)20-13-18(16-11-12-16)23-24(20)19(17(21)7-2)10-8-9-15(4)22-5/h7,9-10,13-14,16,22H,6,8,11-12H2,1-5H3/b15-9+,17-7+,19-10?. The van der Waals surface area contributed by atoms with Gasteiger partial charge in [0.1, 0.15) is 5.83 Å². The third-order valence-corrected chi connectivity index (χ3v) is 4.72. The predicted octanol–water partition coefficient (Wildman–Crippen LogP) is 5.50. The van der Waals surface area contributed by atoms with Gasteiger partial charge in [-0.05, 0) is 57.6 Å². The third kappa shape index (κ3) is 4.37. The van der Waals surface area contributed by atoms with Crippen molar-refractivity contribution in [3.63, 3.8) is 0 Å². The van der Waals surface area contributed by atoms with Crippen molar-refractivity contribution in [1.82, 2.24) is 15.1 Å². The van der Waals surface area contributed by atoms with Crippen molar-refractivity contribution in [1.29, 1.82) is 0 Å². The van der Waals surface area contributed by atoms with Gasteiger partial charge in [0, 0.05) is 24.4 Å². The summed E-state index contributed by atoms with van der Waals surface area (Å²) in [5.74, 6) is 0.698. The number of allylic oxidation sites excluding steroid dienone is 6. The zero-order valence-electron chi connectivity index (χ0n) is 15.6. The Morgan fingerprint density at radius 1 is 1.46 bits per heavy atom. The molecular weight excluding hydrogens is 301 g/mol. The van der Waals surface area contributed by atoms with Crippen molar-refractivity contribution in [2.75, 3.05) is 7.05 Å². The van der Waals surface area contributed by atoms with Gasteiger partial charge < -0.3 is 5.32 Å². The molecule has 0 aromatic carbocycles. The molecule has 3 nitrogen and oxygen atoms in total. The molecule has 2 rings (SSSR count). The molecule has 1 N–H and O–H groups in total. The first-order valence-corrected chi connectivity index (χ1v) is 8.98. The Morgan fingerprint density at radius 3 is 2.71 bits per heavy atom. The summed E-state index contributed by atoms with van der Waals surface area (Å²) >= 11 is 0. The molecule has 1 saturated carbocycles. The zero-order valence-corrected chi connectivity index (χ0v) is 15.6. The zero-order chi connectivity index (χ0) is 17.7. The smallest absolute Gasteiger partial charge is 0.144 e. The number of nitrogens with one attached hydrogen (secondary N) is 1. The van der Waals surface area contributed by atoms with Gasteiger partial charge in [0.2, 0.25) is 0 Å². The van der Waals surface area contributed by atoms with Crippen molar-refractivity contribution >= 4 is 5.70 Å². The third-order valence-electron chi connectivity index (χ3n) is 4.72. The quantitative estimate of drug-likeness (QED) is 0.637. The molecule has 0 spiro atoms. The van der Waals surface area contributed by atoms with Gasteiger partial charge >= 0.3 is 0 Å². The van der Waals surface area contributed by atoms with Gasteiger partial charge in [-0.3, -0.25) is 0 Å². The minimum atomic E-state index is -0.222. The van der Waals surface area contributed by atoms with E-state index in [1.54, 1.807) is 6.92 Å². The minimum Gasteiger partial charge on any atom is -0.392 e. The summed E-state index contributed by atoms with van der Waals surface area (Å²) in [4.78, 5) is 0. The van der Waals surface area contributed by atoms with Gasteiger partial charge in [-0.15, -0.1) is 0 Å². The average Bonchev–Trinajstić information content (AvgIpc) is 3.36. The van der Waals surface area contributed by atoms with Gasteiger partial charge in [0.15, 0.2) is 0 Å². The summed E-state index contributed by atoms with van der Waals surface area (Å²) in [6.07, 6.45) is 9.57. The summed E-state index contributed by atoms with van der Waals surface area (Å²) in [6.45, 7) is 8.07. The van der Waals surface area contributed by atoms with Crippen molar-refractivity contribution in [2.24, 2.45) is 0 Å². The van der Waals surface area contributed by atoms with E-state index in [4.69, 9.17) is 5.10 Å². The van der Waals surface area contributed by atoms with E-state index in [0.29, 0.717) is 24.0 Å². The average molecular weight is 331 g/mol. The SMILES string of the molecule is C/C=C(/F)C(=CC/C=C(\C)NC)n1nc(C2CC2)cc1C(C)CC. The van der Waals surface area contributed by atoms with Crippen LogP contribution in [0, 0.1) is 0 Å². The summed E-state index contributed by atoms with van der Waals surface area (Å²) in [6, 6.07) is 2.18. The Morgan fingerprint density at radius 2 is 2.17 bits per heavy atom. The lowest BCUT2D eigenvalue weighted by Crippen LogP contribution is -2.08. The summed E-state index contributed by atoms with van der Waals surface area (Å²) < 4.78 is 16.4. The molecule has 132 valence electrons. The molecule has 1 fully saturated rings. The Hall–Kier alpha value is -1.84. The van der Waals surface area contributed by atoms with Crippen LogP contribution in [0.2, 0.25) is 0 Å². The highest BCUT2D eigenvalue weighted by molar-refractivity contribution is 5.62. The fraction of sp³-hybridized carbons (Fsp3) is 0.550. The van der Waals surface area contributed by atoms with Crippen molar-refractivity contribution < 1.29 is 4.39 Å². The van der Waals surface area contributed by atoms with E-state index in [1.807, 2.05) is 24.7 Å².